The summed E-state index contributed by atoms with van der Waals surface area (Å²) in [4.78, 5) is 4.19. The van der Waals surface area contributed by atoms with Crippen molar-refractivity contribution in [2.75, 3.05) is 12.4 Å². The van der Waals surface area contributed by atoms with Gasteiger partial charge in [-0.05, 0) is 67.6 Å². The van der Waals surface area contributed by atoms with Crippen molar-refractivity contribution in [2.24, 2.45) is 0 Å². The van der Waals surface area contributed by atoms with E-state index in [0.717, 1.165) is 17.7 Å². The molecule has 0 atom stereocenters. The van der Waals surface area contributed by atoms with Gasteiger partial charge in [0.05, 0.1) is 12.0 Å². The van der Waals surface area contributed by atoms with Gasteiger partial charge in [-0.3, -0.25) is 0 Å². The molecule has 0 spiro atoms. The molecule has 0 radical (unpaired) electrons. The van der Waals surface area contributed by atoms with E-state index in [9.17, 15) is 12.8 Å². The lowest BCUT2D eigenvalue weighted by Gasteiger charge is -2.07. The third-order valence-corrected chi connectivity index (χ3v) is 6.30. The van der Waals surface area contributed by atoms with E-state index in [1.807, 2.05) is 19.1 Å². The number of nitrogens with zero attached hydrogens (tertiary/aromatic N) is 1. The van der Waals surface area contributed by atoms with E-state index >= 15 is 0 Å². The molecule has 4 aromatic rings. The molecule has 0 aliphatic rings. The van der Waals surface area contributed by atoms with Crippen molar-refractivity contribution < 1.29 is 22.0 Å². The number of rotatable bonds is 6. The number of oxazole rings is 1. The Hall–Kier alpha value is -3.65. The molecule has 0 saturated carbocycles. The number of anilines is 2. The quantitative estimate of drug-likeness (QED) is 0.408. The molecule has 1 aromatic heterocycles. The van der Waals surface area contributed by atoms with E-state index in [1.54, 1.807) is 43.5 Å². The van der Waals surface area contributed by atoms with Crippen LogP contribution in [0.5, 0.6) is 5.75 Å². The molecule has 6 nitrogen and oxygen atoms in total. The number of ether oxygens (including phenoxy) is 1. The maximum Gasteiger partial charge on any atom is 0.238 e. The molecule has 0 aliphatic carbocycles. The van der Waals surface area contributed by atoms with Gasteiger partial charge >= 0.3 is 0 Å². The van der Waals surface area contributed by atoms with Crippen molar-refractivity contribution in [3.8, 4) is 17.2 Å². The molecule has 158 valence electrons. The van der Waals surface area contributed by atoms with Gasteiger partial charge in [-0.2, -0.15) is 4.98 Å². The highest BCUT2D eigenvalue weighted by atomic mass is 32.2. The maximum atomic E-state index is 13.3. The highest BCUT2D eigenvalue weighted by Crippen LogP contribution is 2.34. The fourth-order valence-electron chi connectivity index (χ4n) is 2.92. The van der Waals surface area contributed by atoms with Crippen LogP contribution in [0, 0.1) is 12.7 Å². The molecule has 0 amide bonds. The summed E-state index contributed by atoms with van der Waals surface area (Å²) in [5.41, 5.74) is 2.26. The molecular formula is C23H19FN2O4S. The smallest absolute Gasteiger partial charge is 0.238 e. The maximum absolute atomic E-state index is 13.3. The monoisotopic (exact) mass is 438 g/mol. The van der Waals surface area contributed by atoms with E-state index in [2.05, 4.69) is 10.3 Å². The lowest BCUT2D eigenvalue weighted by molar-refractivity contribution is 0.415. The normalized spacial score (nSPS) is 11.3. The number of halogens is 1. The number of benzene rings is 3. The predicted octanol–water partition coefficient (Wildman–Crippen LogP) is 5.37. The Morgan fingerprint density at radius 2 is 1.58 bits per heavy atom. The van der Waals surface area contributed by atoms with Crippen molar-refractivity contribution in [3.05, 3.63) is 84.2 Å². The van der Waals surface area contributed by atoms with Crippen molar-refractivity contribution in [3.63, 3.8) is 0 Å². The van der Waals surface area contributed by atoms with Crippen LogP contribution in [0.3, 0.4) is 0 Å². The van der Waals surface area contributed by atoms with Crippen LogP contribution in [-0.4, -0.2) is 20.5 Å². The molecule has 1 N–H and O–H groups in total. The van der Waals surface area contributed by atoms with Gasteiger partial charge in [0.1, 0.15) is 11.6 Å². The Morgan fingerprint density at radius 3 is 2.19 bits per heavy atom. The van der Waals surface area contributed by atoms with Gasteiger partial charge in [0.2, 0.25) is 26.6 Å². The summed E-state index contributed by atoms with van der Waals surface area (Å²) in [7, 11) is -2.52. The first-order valence-electron chi connectivity index (χ1n) is 9.36. The van der Waals surface area contributed by atoms with E-state index in [1.165, 1.54) is 12.1 Å². The Balaban J connectivity index is 1.81. The molecule has 0 bridgehead atoms. The van der Waals surface area contributed by atoms with E-state index in [-0.39, 0.29) is 21.7 Å². The van der Waals surface area contributed by atoms with Crippen LogP contribution in [0.15, 0.2) is 87.1 Å². The number of methoxy groups -OCH3 is 1. The van der Waals surface area contributed by atoms with Gasteiger partial charge in [0.25, 0.3) is 0 Å². The Morgan fingerprint density at radius 1 is 0.935 bits per heavy atom. The first-order chi connectivity index (χ1) is 14.9. The van der Waals surface area contributed by atoms with Gasteiger partial charge < -0.3 is 14.5 Å². The largest absolute Gasteiger partial charge is 0.497 e. The molecule has 31 heavy (non-hydrogen) atoms. The lowest BCUT2D eigenvalue weighted by Crippen LogP contribution is -2.05. The summed E-state index contributed by atoms with van der Waals surface area (Å²) < 4.78 is 50.8. The van der Waals surface area contributed by atoms with Crippen LogP contribution in [0.4, 0.5) is 16.0 Å². The number of aromatic nitrogens is 1. The van der Waals surface area contributed by atoms with Crippen LogP contribution in [0.2, 0.25) is 0 Å². The van der Waals surface area contributed by atoms with E-state index in [0.29, 0.717) is 17.0 Å². The third-order valence-electron chi connectivity index (χ3n) is 4.62. The minimum absolute atomic E-state index is 0.0370. The van der Waals surface area contributed by atoms with Crippen molar-refractivity contribution in [1.82, 2.24) is 4.98 Å². The molecule has 0 fully saturated rings. The van der Waals surface area contributed by atoms with Gasteiger partial charge in [-0.25, -0.2) is 12.8 Å². The van der Waals surface area contributed by atoms with Crippen molar-refractivity contribution in [2.45, 2.75) is 16.8 Å². The van der Waals surface area contributed by atoms with Crippen LogP contribution >= 0.6 is 0 Å². The molecule has 0 saturated heterocycles. The summed E-state index contributed by atoms with van der Waals surface area (Å²) in [5.74, 6) is 0.236. The first-order valence-corrected chi connectivity index (χ1v) is 10.8. The van der Waals surface area contributed by atoms with Crippen LogP contribution in [0.25, 0.3) is 11.5 Å². The minimum atomic E-state index is -4.07. The second-order valence-electron chi connectivity index (χ2n) is 6.83. The summed E-state index contributed by atoms with van der Waals surface area (Å²) in [5, 5.41) is 2.69. The topological polar surface area (TPSA) is 81.4 Å². The minimum Gasteiger partial charge on any atom is -0.497 e. The SMILES string of the molecule is COc1ccc(Nc2oc(-c3ccc(C)cc3)nc2S(=O)(=O)c2ccc(F)cc2)cc1. The molecular weight excluding hydrogens is 419 g/mol. The zero-order valence-electron chi connectivity index (χ0n) is 16.8. The van der Waals surface area contributed by atoms with Crippen LogP contribution in [-0.2, 0) is 9.84 Å². The summed E-state index contributed by atoms with van der Waals surface area (Å²) in [6.07, 6.45) is 0. The summed E-state index contributed by atoms with van der Waals surface area (Å²) in [6, 6.07) is 18.8. The Kier molecular flexibility index (Phi) is 5.48. The fraction of sp³-hybridized carbons (Fsp3) is 0.0870. The van der Waals surface area contributed by atoms with Crippen molar-refractivity contribution >= 4 is 21.4 Å². The van der Waals surface area contributed by atoms with Gasteiger partial charge in [0, 0.05) is 11.3 Å². The van der Waals surface area contributed by atoms with Crippen LogP contribution in [0.1, 0.15) is 5.56 Å². The zero-order valence-corrected chi connectivity index (χ0v) is 17.6. The predicted molar refractivity (Wildman–Crippen MR) is 115 cm³/mol. The number of aryl methyl sites for hydroxylation is 1. The second kappa shape index (κ2) is 8.23. The van der Waals surface area contributed by atoms with Gasteiger partial charge in [-0.1, -0.05) is 17.7 Å². The third kappa shape index (κ3) is 4.29. The first kappa shape index (κ1) is 20.6. The van der Waals surface area contributed by atoms with Gasteiger partial charge in [-0.15, -0.1) is 0 Å². The fourth-order valence-corrected chi connectivity index (χ4v) is 4.18. The molecule has 8 heteroatoms. The zero-order chi connectivity index (χ0) is 22.0. The second-order valence-corrected chi connectivity index (χ2v) is 8.70. The Labute approximate surface area is 179 Å². The van der Waals surface area contributed by atoms with Gasteiger partial charge in [0.15, 0.2) is 0 Å². The average molecular weight is 438 g/mol. The van der Waals surface area contributed by atoms with Crippen molar-refractivity contribution in [1.29, 1.82) is 0 Å². The average Bonchev–Trinajstić information content (AvgIpc) is 3.20. The number of nitrogens with one attached hydrogen (secondary N) is 1. The highest BCUT2D eigenvalue weighted by molar-refractivity contribution is 7.91. The van der Waals surface area contributed by atoms with Crippen LogP contribution < -0.4 is 10.1 Å². The Bertz CT molecular complexity index is 1300. The molecule has 4 rings (SSSR count). The standard InChI is InChI=1S/C23H19FN2O4S/c1-15-3-5-16(6-4-15)21-26-23(31(27,28)20-13-7-17(24)8-14-20)22(30-21)25-18-9-11-19(29-2)12-10-18/h3-14,25H,1-2H3. The number of hydrogen-bond donors (Lipinski definition) is 1. The molecule has 3 aromatic carbocycles. The number of sulfone groups is 1. The molecule has 0 aliphatic heterocycles. The van der Waals surface area contributed by atoms with E-state index < -0.39 is 15.7 Å². The summed E-state index contributed by atoms with van der Waals surface area (Å²) in [6.45, 7) is 1.94. The van der Waals surface area contributed by atoms with E-state index in [4.69, 9.17) is 9.15 Å². The lowest BCUT2D eigenvalue weighted by atomic mass is 10.1. The number of hydrogen-bond acceptors (Lipinski definition) is 6. The highest BCUT2D eigenvalue weighted by Gasteiger charge is 2.29. The molecule has 1 heterocycles. The molecule has 0 unspecified atom stereocenters. The summed E-state index contributed by atoms with van der Waals surface area (Å²) >= 11 is 0.